The average Bonchev–Trinajstić information content (AvgIpc) is 2.16. The van der Waals surface area contributed by atoms with Crippen LogP contribution < -0.4 is 4.74 Å². The molecule has 0 saturated heterocycles. The number of halogens is 1. The van der Waals surface area contributed by atoms with E-state index in [0.717, 1.165) is 23.3 Å². The summed E-state index contributed by atoms with van der Waals surface area (Å²) in [5.74, 6) is 0.688. The van der Waals surface area contributed by atoms with Crippen LogP contribution in [0.3, 0.4) is 0 Å². The molecule has 0 amide bonds. The van der Waals surface area contributed by atoms with Gasteiger partial charge in [-0.25, -0.2) is 0 Å². The number of aldehydes is 1. The Bertz CT molecular complexity index is 297. The lowest BCUT2D eigenvalue weighted by Gasteiger charge is -2.05. The third kappa shape index (κ3) is 2.74. The van der Waals surface area contributed by atoms with E-state index in [4.69, 9.17) is 16.3 Å². The minimum absolute atomic E-state index is 0.0881. The van der Waals surface area contributed by atoms with Gasteiger partial charge in [0.05, 0.1) is 0 Å². The van der Waals surface area contributed by atoms with Crippen molar-refractivity contribution in [3.8, 4) is 5.75 Å². The van der Waals surface area contributed by atoms with E-state index >= 15 is 0 Å². The second-order valence-electron chi connectivity index (χ2n) is 2.58. The fourth-order valence-electron chi connectivity index (χ4n) is 1.04. The summed E-state index contributed by atoms with van der Waals surface area (Å²) in [4.78, 5) is 10.0. The third-order valence-corrected chi connectivity index (χ3v) is 2.08. The first-order valence-corrected chi connectivity index (χ1v) is 4.50. The maximum Gasteiger partial charge on any atom is 0.157 e. The van der Waals surface area contributed by atoms with Crippen molar-refractivity contribution in [2.75, 3.05) is 6.61 Å². The molecule has 0 aliphatic rings. The summed E-state index contributed by atoms with van der Waals surface area (Å²) in [6.07, 6.45) is 1.58. The van der Waals surface area contributed by atoms with Gasteiger partial charge in [-0.1, -0.05) is 18.5 Å². The molecular formula is C10H11ClO2. The summed E-state index contributed by atoms with van der Waals surface area (Å²) in [5.41, 5.74) is 1.03. The minimum Gasteiger partial charge on any atom is -0.486 e. The number of carbonyl (C=O) groups excluding carboxylic acids is 1. The first-order valence-electron chi connectivity index (χ1n) is 4.12. The molecule has 70 valence electrons. The van der Waals surface area contributed by atoms with Gasteiger partial charge in [0.2, 0.25) is 0 Å². The van der Waals surface area contributed by atoms with Crippen LogP contribution in [0.4, 0.5) is 0 Å². The highest BCUT2D eigenvalue weighted by Crippen LogP contribution is 2.22. The second-order valence-corrected chi connectivity index (χ2v) is 2.99. The van der Waals surface area contributed by atoms with Crippen LogP contribution in [0.25, 0.3) is 0 Å². The predicted molar refractivity (Wildman–Crippen MR) is 52.4 cm³/mol. The molecule has 2 nitrogen and oxygen atoms in total. The summed E-state index contributed by atoms with van der Waals surface area (Å²) in [5, 5.41) is 0.737. The number of carbonyl (C=O) groups is 1. The molecule has 0 saturated carbocycles. The van der Waals surface area contributed by atoms with Crippen molar-refractivity contribution in [1.82, 2.24) is 0 Å². The fraction of sp³-hybridized carbons (Fsp3) is 0.300. The Morgan fingerprint density at radius 1 is 1.54 bits per heavy atom. The zero-order chi connectivity index (χ0) is 9.68. The van der Waals surface area contributed by atoms with E-state index in [1.165, 1.54) is 0 Å². The van der Waals surface area contributed by atoms with E-state index in [2.05, 4.69) is 0 Å². The summed E-state index contributed by atoms with van der Waals surface area (Å²) >= 11 is 5.91. The molecule has 0 aliphatic carbocycles. The van der Waals surface area contributed by atoms with Gasteiger partial charge >= 0.3 is 0 Å². The van der Waals surface area contributed by atoms with Crippen LogP contribution in [0, 0.1) is 0 Å². The third-order valence-electron chi connectivity index (χ3n) is 1.72. The number of aryl methyl sites for hydroxylation is 1. The van der Waals surface area contributed by atoms with Crippen LogP contribution in [-0.2, 0) is 11.2 Å². The van der Waals surface area contributed by atoms with Crippen molar-refractivity contribution >= 4 is 17.9 Å². The van der Waals surface area contributed by atoms with Crippen LogP contribution in [0.2, 0.25) is 5.02 Å². The molecular weight excluding hydrogens is 188 g/mol. The zero-order valence-electron chi connectivity index (χ0n) is 7.42. The molecule has 1 rings (SSSR count). The van der Waals surface area contributed by atoms with Crippen LogP contribution in [0.1, 0.15) is 12.5 Å². The molecule has 0 atom stereocenters. The molecule has 0 bridgehead atoms. The molecule has 13 heavy (non-hydrogen) atoms. The largest absolute Gasteiger partial charge is 0.486 e. The highest BCUT2D eigenvalue weighted by atomic mass is 35.5. The van der Waals surface area contributed by atoms with Crippen LogP contribution in [-0.4, -0.2) is 12.9 Å². The smallest absolute Gasteiger partial charge is 0.157 e. The molecule has 0 fully saturated rings. The topological polar surface area (TPSA) is 26.3 Å². The Balaban J connectivity index is 2.79. The van der Waals surface area contributed by atoms with E-state index < -0.39 is 0 Å². The zero-order valence-corrected chi connectivity index (χ0v) is 8.17. The van der Waals surface area contributed by atoms with Gasteiger partial charge in [0.1, 0.15) is 12.4 Å². The van der Waals surface area contributed by atoms with Crippen molar-refractivity contribution in [1.29, 1.82) is 0 Å². The Labute approximate surface area is 82.5 Å². The van der Waals surface area contributed by atoms with E-state index in [0.29, 0.717) is 5.75 Å². The number of rotatable bonds is 4. The van der Waals surface area contributed by atoms with Crippen molar-refractivity contribution in [2.24, 2.45) is 0 Å². The van der Waals surface area contributed by atoms with Crippen molar-refractivity contribution in [3.63, 3.8) is 0 Å². The summed E-state index contributed by atoms with van der Waals surface area (Å²) in [7, 11) is 0. The second kappa shape index (κ2) is 4.87. The van der Waals surface area contributed by atoms with Crippen LogP contribution in [0.5, 0.6) is 5.75 Å². The molecule has 0 heterocycles. The van der Waals surface area contributed by atoms with Crippen molar-refractivity contribution in [2.45, 2.75) is 13.3 Å². The van der Waals surface area contributed by atoms with Crippen LogP contribution >= 0.6 is 11.6 Å². The lowest BCUT2D eigenvalue weighted by Crippen LogP contribution is -1.98. The molecule has 3 heteroatoms. The summed E-state index contributed by atoms with van der Waals surface area (Å²) in [6.45, 7) is 2.11. The van der Waals surface area contributed by atoms with E-state index in [1.807, 2.05) is 13.0 Å². The number of hydrogen-bond donors (Lipinski definition) is 0. The SMILES string of the molecule is CCc1cc(OCC=O)ccc1Cl. The van der Waals surface area contributed by atoms with E-state index in [1.54, 1.807) is 12.1 Å². The van der Waals surface area contributed by atoms with Gasteiger partial charge in [-0.2, -0.15) is 0 Å². The Kier molecular flexibility index (Phi) is 3.77. The summed E-state index contributed by atoms with van der Waals surface area (Å²) < 4.78 is 5.13. The van der Waals surface area contributed by atoms with Gasteiger partial charge in [0, 0.05) is 5.02 Å². The number of hydrogen-bond acceptors (Lipinski definition) is 2. The first kappa shape index (κ1) is 10.1. The van der Waals surface area contributed by atoms with Gasteiger partial charge in [0.25, 0.3) is 0 Å². The lowest BCUT2D eigenvalue weighted by atomic mass is 10.1. The molecule has 1 aromatic carbocycles. The highest BCUT2D eigenvalue weighted by molar-refractivity contribution is 6.31. The maximum atomic E-state index is 10.0. The Hall–Kier alpha value is -1.02. The highest BCUT2D eigenvalue weighted by Gasteiger charge is 2.00. The molecule has 0 N–H and O–H groups in total. The number of ether oxygens (including phenoxy) is 1. The predicted octanol–water partition coefficient (Wildman–Crippen LogP) is 2.48. The van der Waals surface area contributed by atoms with Gasteiger partial charge in [-0.3, -0.25) is 4.79 Å². The average molecular weight is 199 g/mol. The molecule has 0 unspecified atom stereocenters. The Morgan fingerprint density at radius 3 is 2.92 bits per heavy atom. The monoisotopic (exact) mass is 198 g/mol. The van der Waals surface area contributed by atoms with E-state index in [-0.39, 0.29) is 6.61 Å². The standard InChI is InChI=1S/C10H11ClO2/c1-2-8-7-9(13-6-5-12)3-4-10(8)11/h3-5,7H,2,6H2,1H3. The van der Waals surface area contributed by atoms with E-state index in [9.17, 15) is 4.79 Å². The normalized spacial score (nSPS) is 9.69. The summed E-state index contributed by atoms with van der Waals surface area (Å²) in [6, 6.07) is 5.39. The molecule has 0 spiro atoms. The minimum atomic E-state index is 0.0881. The molecule has 0 radical (unpaired) electrons. The van der Waals surface area contributed by atoms with Gasteiger partial charge in [-0.05, 0) is 30.2 Å². The first-order chi connectivity index (χ1) is 6.27. The molecule has 0 aromatic heterocycles. The fourth-order valence-corrected chi connectivity index (χ4v) is 1.29. The Morgan fingerprint density at radius 2 is 2.31 bits per heavy atom. The van der Waals surface area contributed by atoms with Gasteiger partial charge in [-0.15, -0.1) is 0 Å². The van der Waals surface area contributed by atoms with Crippen LogP contribution in [0.15, 0.2) is 18.2 Å². The van der Waals surface area contributed by atoms with Gasteiger partial charge < -0.3 is 4.74 Å². The van der Waals surface area contributed by atoms with Gasteiger partial charge in [0.15, 0.2) is 6.29 Å². The quantitative estimate of drug-likeness (QED) is 0.695. The van der Waals surface area contributed by atoms with Crippen molar-refractivity contribution in [3.05, 3.63) is 28.8 Å². The maximum absolute atomic E-state index is 10.0. The number of benzene rings is 1. The molecule has 0 aliphatic heterocycles. The lowest BCUT2D eigenvalue weighted by molar-refractivity contribution is -0.109. The molecule has 1 aromatic rings. The van der Waals surface area contributed by atoms with Crippen molar-refractivity contribution < 1.29 is 9.53 Å².